The highest BCUT2D eigenvalue weighted by Crippen LogP contribution is 2.41. The summed E-state index contributed by atoms with van der Waals surface area (Å²) in [7, 11) is 3.20. The average molecular weight is 389 g/mol. The Morgan fingerprint density at radius 1 is 1.26 bits per heavy atom. The number of carbonyl (C=O) groups is 1. The summed E-state index contributed by atoms with van der Waals surface area (Å²) in [5.74, 6) is 1.05. The number of methoxy groups -OCH3 is 2. The molecule has 1 aliphatic rings. The molecule has 1 saturated heterocycles. The fourth-order valence-corrected chi connectivity index (χ4v) is 3.93. The van der Waals surface area contributed by atoms with Crippen molar-refractivity contribution in [3.8, 4) is 11.5 Å². The number of hydrogen-bond acceptors (Lipinski definition) is 7. The van der Waals surface area contributed by atoms with Crippen LogP contribution < -0.4 is 14.8 Å². The maximum Gasteiger partial charge on any atom is 0.255 e. The molecule has 1 aromatic heterocycles. The van der Waals surface area contributed by atoms with E-state index in [9.17, 15) is 4.79 Å². The molecule has 0 aliphatic carbocycles. The number of hydrogen-bond donors (Lipinski definition) is 1. The molecule has 0 radical (unpaired) electrons. The largest absolute Gasteiger partial charge is 0.493 e. The van der Waals surface area contributed by atoms with Crippen LogP contribution in [-0.4, -0.2) is 48.4 Å². The normalized spacial score (nSPS) is 22.1. The van der Waals surface area contributed by atoms with Crippen LogP contribution in [0, 0.1) is 0 Å². The van der Waals surface area contributed by atoms with Crippen molar-refractivity contribution in [3.05, 3.63) is 48.0 Å². The molecule has 144 valence electrons. The van der Waals surface area contributed by atoms with Crippen LogP contribution in [0.3, 0.4) is 0 Å². The predicted octanol–water partition coefficient (Wildman–Crippen LogP) is 2.62. The summed E-state index contributed by atoms with van der Waals surface area (Å²) in [5.41, 5.74) is 0.773. The van der Waals surface area contributed by atoms with Gasteiger partial charge in [-0.1, -0.05) is 6.07 Å². The van der Waals surface area contributed by atoms with Crippen LogP contribution in [0.5, 0.6) is 11.5 Å². The van der Waals surface area contributed by atoms with E-state index >= 15 is 0 Å². The van der Waals surface area contributed by atoms with Crippen LogP contribution in [0.4, 0.5) is 0 Å². The van der Waals surface area contributed by atoms with Gasteiger partial charge in [-0.3, -0.25) is 4.79 Å². The van der Waals surface area contributed by atoms with Gasteiger partial charge in [-0.05, 0) is 30.4 Å². The number of rotatable bonds is 6. The summed E-state index contributed by atoms with van der Waals surface area (Å²) >= 11 is 1.63. The van der Waals surface area contributed by atoms with Gasteiger partial charge in [-0.2, -0.15) is 0 Å². The van der Waals surface area contributed by atoms with Crippen LogP contribution >= 0.6 is 11.8 Å². The van der Waals surface area contributed by atoms with Gasteiger partial charge >= 0.3 is 0 Å². The number of ether oxygens (including phenoxy) is 3. The predicted molar refractivity (Wildman–Crippen MR) is 103 cm³/mol. The van der Waals surface area contributed by atoms with Crippen molar-refractivity contribution < 1.29 is 19.0 Å². The Morgan fingerprint density at radius 2 is 2.00 bits per heavy atom. The molecular weight excluding hydrogens is 366 g/mol. The molecule has 1 aromatic carbocycles. The first-order chi connectivity index (χ1) is 13.1. The van der Waals surface area contributed by atoms with Crippen LogP contribution in [0.15, 0.2) is 36.9 Å². The molecule has 27 heavy (non-hydrogen) atoms. The van der Waals surface area contributed by atoms with Gasteiger partial charge in [0.25, 0.3) is 5.91 Å². The van der Waals surface area contributed by atoms with Gasteiger partial charge in [-0.25, -0.2) is 9.97 Å². The SMILES string of the molecule is COc1ccc(C2(NC(=O)c3cncnc3)CCOC(SC)C2)cc1OC. The van der Waals surface area contributed by atoms with Crippen molar-refractivity contribution >= 4 is 17.7 Å². The monoisotopic (exact) mass is 389 g/mol. The summed E-state index contributed by atoms with van der Waals surface area (Å²) in [6.45, 7) is 0.547. The second-order valence-corrected chi connectivity index (χ2v) is 7.22. The lowest BCUT2D eigenvalue weighted by Crippen LogP contribution is -2.51. The highest BCUT2D eigenvalue weighted by Gasteiger charge is 2.40. The van der Waals surface area contributed by atoms with Crippen molar-refractivity contribution in [1.82, 2.24) is 15.3 Å². The van der Waals surface area contributed by atoms with E-state index in [4.69, 9.17) is 14.2 Å². The Bertz CT molecular complexity index is 790. The minimum absolute atomic E-state index is 0.0147. The van der Waals surface area contributed by atoms with E-state index in [0.717, 1.165) is 5.56 Å². The fourth-order valence-electron chi connectivity index (χ4n) is 3.25. The van der Waals surface area contributed by atoms with Crippen molar-refractivity contribution in [2.45, 2.75) is 23.8 Å². The lowest BCUT2D eigenvalue weighted by molar-refractivity contribution is 0.0167. The zero-order valence-corrected chi connectivity index (χ0v) is 16.4. The van der Waals surface area contributed by atoms with Crippen molar-refractivity contribution in [1.29, 1.82) is 0 Å². The first-order valence-electron chi connectivity index (χ1n) is 8.56. The van der Waals surface area contributed by atoms with E-state index in [1.54, 1.807) is 26.0 Å². The van der Waals surface area contributed by atoms with Crippen LogP contribution in [-0.2, 0) is 10.3 Å². The molecule has 2 heterocycles. The Labute approximate surface area is 162 Å². The van der Waals surface area contributed by atoms with E-state index in [-0.39, 0.29) is 11.3 Å². The van der Waals surface area contributed by atoms with E-state index in [1.807, 2.05) is 24.5 Å². The minimum atomic E-state index is -0.585. The number of thioether (sulfide) groups is 1. The topological polar surface area (TPSA) is 82.6 Å². The van der Waals surface area contributed by atoms with Gasteiger partial charge in [0.2, 0.25) is 0 Å². The minimum Gasteiger partial charge on any atom is -0.493 e. The van der Waals surface area contributed by atoms with Crippen LogP contribution in [0.1, 0.15) is 28.8 Å². The standard InChI is InChI=1S/C19H23N3O4S/c1-24-15-5-4-14(8-16(15)25-2)19(6-7-26-17(9-19)27-3)22-18(23)13-10-20-12-21-11-13/h4-5,8,10-12,17H,6-7,9H2,1-3H3,(H,22,23). The summed E-state index contributed by atoms with van der Waals surface area (Å²) in [6, 6.07) is 5.74. The fraction of sp³-hybridized carbons (Fsp3) is 0.421. The molecule has 1 aliphatic heterocycles. The van der Waals surface area contributed by atoms with E-state index in [2.05, 4.69) is 15.3 Å². The molecule has 2 unspecified atom stereocenters. The molecule has 1 fully saturated rings. The maximum absolute atomic E-state index is 12.9. The van der Waals surface area contributed by atoms with Crippen molar-refractivity contribution in [2.24, 2.45) is 0 Å². The Hall–Kier alpha value is -2.32. The molecule has 2 aromatic rings. The third kappa shape index (κ3) is 4.17. The van der Waals surface area contributed by atoms with Crippen molar-refractivity contribution in [2.75, 3.05) is 27.1 Å². The third-order valence-corrected chi connectivity index (χ3v) is 5.55. The molecular formula is C19H23N3O4S. The second-order valence-electron chi connectivity index (χ2n) is 6.22. The Kier molecular flexibility index (Phi) is 6.18. The molecule has 1 N–H and O–H groups in total. The van der Waals surface area contributed by atoms with Crippen molar-refractivity contribution in [3.63, 3.8) is 0 Å². The first kappa shape index (κ1) is 19.4. The lowest BCUT2D eigenvalue weighted by atomic mass is 9.82. The Morgan fingerprint density at radius 3 is 2.67 bits per heavy atom. The number of nitrogens with one attached hydrogen (secondary N) is 1. The average Bonchev–Trinajstić information content (AvgIpc) is 2.73. The molecule has 7 nitrogen and oxygen atoms in total. The molecule has 3 rings (SSSR count). The summed E-state index contributed by atoms with van der Waals surface area (Å²) in [5, 5.41) is 3.21. The van der Waals surface area contributed by atoms with E-state index in [1.165, 1.54) is 18.7 Å². The van der Waals surface area contributed by atoms with Gasteiger partial charge < -0.3 is 19.5 Å². The molecule has 8 heteroatoms. The van der Waals surface area contributed by atoms with Gasteiger partial charge in [0.05, 0.1) is 31.9 Å². The van der Waals surface area contributed by atoms with Crippen LogP contribution in [0.25, 0.3) is 0 Å². The van der Waals surface area contributed by atoms with Gasteiger partial charge in [-0.15, -0.1) is 11.8 Å². The van der Waals surface area contributed by atoms with Gasteiger partial charge in [0, 0.05) is 18.8 Å². The molecule has 1 amide bonds. The Balaban J connectivity index is 1.99. The number of nitrogens with zero attached hydrogens (tertiary/aromatic N) is 2. The maximum atomic E-state index is 12.9. The summed E-state index contributed by atoms with van der Waals surface area (Å²) < 4.78 is 16.6. The number of aromatic nitrogens is 2. The molecule has 0 spiro atoms. The molecule has 0 saturated carbocycles. The summed E-state index contributed by atoms with van der Waals surface area (Å²) in [4.78, 5) is 20.7. The smallest absolute Gasteiger partial charge is 0.255 e. The zero-order chi connectivity index (χ0) is 19.3. The van der Waals surface area contributed by atoms with Gasteiger partial charge in [0.15, 0.2) is 11.5 Å². The highest BCUT2D eigenvalue weighted by atomic mass is 32.2. The van der Waals surface area contributed by atoms with Gasteiger partial charge in [0.1, 0.15) is 11.8 Å². The number of benzene rings is 1. The van der Waals surface area contributed by atoms with Crippen LogP contribution in [0.2, 0.25) is 0 Å². The summed E-state index contributed by atoms with van der Waals surface area (Å²) in [6.07, 6.45) is 7.72. The number of amides is 1. The second kappa shape index (κ2) is 8.58. The van der Waals surface area contributed by atoms with E-state index < -0.39 is 5.54 Å². The zero-order valence-electron chi connectivity index (χ0n) is 15.6. The van der Waals surface area contributed by atoms with E-state index in [0.29, 0.717) is 36.5 Å². The lowest BCUT2D eigenvalue weighted by Gasteiger charge is -2.41. The molecule has 0 bridgehead atoms. The quantitative estimate of drug-likeness (QED) is 0.813. The first-order valence-corrected chi connectivity index (χ1v) is 9.85. The molecule has 2 atom stereocenters. The highest BCUT2D eigenvalue weighted by molar-refractivity contribution is 7.99. The number of carbonyl (C=O) groups excluding carboxylic acids is 1. The third-order valence-electron chi connectivity index (χ3n) is 4.72.